The molecule has 3 nitrogen and oxygen atoms in total. The molecule has 2 rings (SSSR count). The topological polar surface area (TPSA) is 39.2 Å². The van der Waals surface area contributed by atoms with Crippen LogP contribution in [0.5, 0.6) is 0 Å². The van der Waals surface area contributed by atoms with Gasteiger partial charge in [0.2, 0.25) is 0 Å². The van der Waals surface area contributed by atoms with Gasteiger partial charge in [-0.25, -0.2) is 4.79 Å². The molecule has 1 aromatic heterocycles. The molecule has 2 aromatic rings. The molecule has 0 radical (unpaired) electrons. The third kappa shape index (κ3) is 3.72. The summed E-state index contributed by atoms with van der Waals surface area (Å²) in [6.45, 7) is 5.48. The molecule has 0 saturated carbocycles. The highest BCUT2D eigenvalue weighted by Crippen LogP contribution is 2.29. The van der Waals surface area contributed by atoms with Crippen LogP contribution in [0.25, 0.3) is 11.3 Å². The SMILES string of the molecule is CC(C)(C)OC(=O)c1cc(-c2ccc(Cl)c(Cl)c2)ns1. The highest BCUT2D eigenvalue weighted by Gasteiger charge is 2.20. The molecule has 0 bridgehead atoms. The summed E-state index contributed by atoms with van der Waals surface area (Å²) in [5.74, 6) is -0.374. The minimum atomic E-state index is -0.523. The molecule has 0 amide bonds. The maximum atomic E-state index is 11.9. The van der Waals surface area contributed by atoms with Gasteiger partial charge in [-0.15, -0.1) is 0 Å². The average molecular weight is 330 g/mol. The van der Waals surface area contributed by atoms with Gasteiger partial charge in [0.15, 0.2) is 0 Å². The molecule has 1 heterocycles. The van der Waals surface area contributed by atoms with E-state index in [2.05, 4.69) is 4.37 Å². The monoisotopic (exact) mass is 329 g/mol. The molecule has 0 aliphatic carbocycles. The Bertz CT molecular complexity index is 647. The number of ether oxygens (including phenoxy) is 1. The summed E-state index contributed by atoms with van der Waals surface area (Å²) in [5, 5.41) is 0.939. The van der Waals surface area contributed by atoms with Crippen LogP contribution in [-0.4, -0.2) is 15.9 Å². The molecule has 1 aromatic carbocycles. The number of esters is 1. The van der Waals surface area contributed by atoms with Crippen LogP contribution in [0.4, 0.5) is 0 Å². The van der Waals surface area contributed by atoms with Crippen LogP contribution in [0.3, 0.4) is 0 Å². The number of rotatable bonds is 2. The fourth-order valence-corrected chi connectivity index (χ4v) is 2.42. The van der Waals surface area contributed by atoms with Crippen molar-refractivity contribution >= 4 is 40.7 Å². The van der Waals surface area contributed by atoms with Crippen LogP contribution in [0.1, 0.15) is 30.4 Å². The molecule has 0 aliphatic rings. The van der Waals surface area contributed by atoms with Gasteiger partial charge < -0.3 is 4.74 Å². The van der Waals surface area contributed by atoms with Crippen molar-refractivity contribution in [2.45, 2.75) is 26.4 Å². The van der Waals surface area contributed by atoms with Crippen molar-refractivity contribution in [2.75, 3.05) is 0 Å². The lowest BCUT2D eigenvalue weighted by Crippen LogP contribution is -2.23. The zero-order valence-corrected chi connectivity index (χ0v) is 13.6. The minimum absolute atomic E-state index is 0.374. The summed E-state index contributed by atoms with van der Waals surface area (Å²) in [6.07, 6.45) is 0. The number of carbonyl (C=O) groups excluding carboxylic acids is 1. The van der Waals surface area contributed by atoms with Gasteiger partial charge in [-0.2, -0.15) is 4.37 Å². The lowest BCUT2D eigenvalue weighted by molar-refractivity contribution is 0.00753. The van der Waals surface area contributed by atoms with E-state index in [1.54, 1.807) is 18.2 Å². The molecular formula is C14H13Cl2NO2S. The maximum Gasteiger partial charge on any atom is 0.350 e. The Labute approximate surface area is 131 Å². The number of halogens is 2. The second-order valence-electron chi connectivity index (χ2n) is 5.21. The molecule has 0 atom stereocenters. The highest BCUT2D eigenvalue weighted by atomic mass is 35.5. The van der Waals surface area contributed by atoms with E-state index in [1.165, 1.54) is 0 Å². The van der Waals surface area contributed by atoms with Crippen molar-refractivity contribution in [3.8, 4) is 11.3 Å². The molecule has 6 heteroatoms. The van der Waals surface area contributed by atoms with E-state index in [1.807, 2.05) is 26.8 Å². The fraction of sp³-hybridized carbons (Fsp3) is 0.286. The lowest BCUT2D eigenvalue weighted by atomic mass is 10.1. The Morgan fingerprint density at radius 3 is 2.50 bits per heavy atom. The highest BCUT2D eigenvalue weighted by molar-refractivity contribution is 7.08. The molecule has 0 fully saturated rings. The Morgan fingerprint density at radius 1 is 1.20 bits per heavy atom. The molecule has 20 heavy (non-hydrogen) atoms. The van der Waals surface area contributed by atoms with Crippen LogP contribution in [-0.2, 0) is 4.74 Å². The van der Waals surface area contributed by atoms with Crippen molar-refractivity contribution in [3.63, 3.8) is 0 Å². The van der Waals surface area contributed by atoms with E-state index in [-0.39, 0.29) is 5.97 Å². The first-order valence-electron chi connectivity index (χ1n) is 5.92. The van der Waals surface area contributed by atoms with E-state index in [4.69, 9.17) is 27.9 Å². The van der Waals surface area contributed by atoms with E-state index >= 15 is 0 Å². The van der Waals surface area contributed by atoms with Gasteiger partial charge in [0.1, 0.15) is 10.5 Å². The van der Waals surface area contributed by atoms with Crippen LogP contribution in [0, 0.1) is 0 Å². The second kappa shape index (κ2) is 5.72. The van der Waals surface area contributed by atoms with Gasteiger partial charge in [0.05, 0.1) is 15.7 Å². The number of nitrogens with zero attached hydrogens (tertiary/aromatic N) is 1. The molecule has 0 unspecified atom stereocenters. The fourth-order valence-electron chi connectivity index (χ4n) is 1.49. The van der Waals surface area contributed by atoms with E-state index in [0.717, 1.165) is 17.1 Å². The lowest BCUT2D eigenvalue weighted by Gasteiger charge is -2.18. The number of hydrogen-bond acceptors (Lipinski definition) is 4. The van der Waals surface area contributed by atoms with Gasteiger partial charge in [-0.05, 0) is 50.5 Å². The smallest absolute Gasteiger partial charge is 0.350 e. The number of aromatic nitrogens is 1. The Kier molecular flexibility index (Phi) is 4.37. The number of hydrogen-bond donors (Lipinski definition) is 0. The molecule has 106 valence electrons. The summed E-state index contributed by atoms with van der Waals surface area (Å²) in [7, 11) is 0. The summed E-state index contributed by atoms with van der Waals surface area (Å²) in [5.41, 5.74) is 0.963. The van der Waals surface area contributed by atoms with Crippen LogP contribution < -0.4 is 0 Å². The molecular weight excluding hydrogens is 317 g/mol. The third-order valence-electron chi connectivity index (χ3n) is 2.33. The second-order valence-corrected chi connectivity index (χ2v) is 6.83. The predicted molar refractivity (Wildman–Crippen MR) is 82.7 cm³/mol. The summed E-state index contributed by atoms with van der Waals surface area (Å²) >= 11 is 12.9. The predicted octanol–water partition coefficient (Wildman–Crippen LogP) is 5.07. The standard InChI is InChI=1S/C14H13Cl2NO2S/c1-14(2,3)19-13(18)12-7-11(17-20-12)8-4-5-9(15)10(16)6-8/h4-7H,1-3H3. The van der Waals surface area contributed by atoms with Crippen molar-refractivity contribution in [1.29, 1.82) is 0 Å². The number of benzene rings is 1. The molecule has 0 spiro atoms. The van der Waals surface area contributed by atoms with Crippen molar-refractivity contribution in [1.82, 2.24) is 4.37 Å². The van der Waals surface area contributed by atoms with E-state index in [0.29, 0.717) is 20.6 Å². The summed E-state index contributed by atoms with van der Waals surface area (Å²) in [6, 6.07) is 6.92. The molecule has 0 aliphatic heterocycles. The number of carbonyl (C=O) groups is 1. The van der Waals surface area contributed by atoms with Crippen LogP contribution >= 0.6 is 34.7 Å². The first kappa shape index (κ1) is 15.3. The van der Waals surface area contributed by atoms with Crippen molar-refractivity contribution < 1.29 is 9.53 Å². The maximum absolute atomic E-state index is 11.9. The third-order valence-corrected chi connectivity index (χ3v) is 3.83. The zero-order chi connectivity index (χ0) is 14.9. The minimum Gasteiger partial charge on any atom is -0.456 e. The van der Waals surface area contributed by atoms with E-state index in [9.17, 15) is 4.79 Å². The van der Waals surface area contributed by atoms with Crippen molar-refractivity contribution in [3.05, 3.63) is 39.2 Å². The van der Waals surface area contributed by atoms with Crippen molar-refractivity contribution in [2.24, 2.45) is 0 Å². The van der Waals surface area contributed by atoms with Crippen LogP contribution in [0.15, 0.2) is 24.3 Å². The zero-order valence-electron chi connectivity index (χ0n) is 11.2. The Morgan fingerprint density at radius 2 is 1.90 bits per heavy atom. The first-order chi connectivity index (χ1) is 9.26. The first-order valence-corrected chi connectivity index (χ1v) is 7.45. The van der Waals surface area contributed by atoms with Gasteiger partial charge in [-0.3, -0.25) is 0 Å². The summed E-state index contributed by atoms with van der Waals surface area (Å²) < 4.78 is 9.55. The average Bonchev–Trinajstić information content (AvgIpc) is 2.80. The molecule has 0 N–H and O–H groups in total. The van der Waals surface area contributed by atoms with Gasteiger partial charge in [0.25, 0.3) is 0 Å². The largest absolute Gasteiger partial charge is 0.456 e. The Balaban J connectivity index is 2.24. The quantitative estimate of drug-likeness (QED) is 0.722. The van der Waals surface area contributed by atoms with E-state index < -0.39 is 5.60 Å². The molecule has 0 saturated heterocycles. The van der Waals surface area contributed by atoms with Crippen LogP contribution in [0.2, 0.25) is 10.0 Å². The van der Waals surface area contributed by atoms with Gasteiger partial charge in [-0.1, -0.05) is 29.3 Å². The van der Waals surface area contributed by atoms with Gasteiger partial charge >= 0.3 is 5.97 Å². The van der Waals surface area contributed by atoms with Gasteiger partial charge in [0, 0.05) is 5.56 Å². The normalized spacial score (nSPS) is 11.4. The summed E-state index contributed by atoms with van der Waals surface area (Å²) in [4.78, 5) is 12.4. The Hall–Kier alpha value is -1.10.